The molecule has 0 spiro atoms. The number of sulfonamides is 2. The number of hydrogen-bond acceptors (Lipinski definition) is 7. The van der Waals surface area contributed by atoms with Gasteiger partial charge in [-0.15, -0.1) is 4.40 Å². The van der Waals surface area contributed by atoms with Crippen molar-refractivity contribution in [2.75, 3.05) is 18.4 Å². The first-order valence-corrected chi connectivity index (χ1v) is 13.8. The van der Waals surface area contributed by atoms with E-state index in [0.29, 0.717) is 23.7 Å². The van der Waals surface area contributed by atoms with E-state index in [9.17, 15) is 16.8 Å². The fourth-order valence-electron chi connectivity index (χ4n) is 3.78. The zero-order chi connectivity index (χ0) is 22.3. The number of piperidine rings is 1. The second-order valence-corrected chi connectivity index (χ2v) is 12.1. The lowest BCUT2D eigenvalue weighted by Crippen LogP contribution is -2.35. The SMILES string of the molecule is O=S1(=O)N=C(Nc2cnc3ccccc3c2)Sc2ccc(S(=O)(=O)N3CCCCC3)cc21. The quantitative estimate of drug-likeness (QED) is 0.599. The van der Waals surface area contributed by atoms with Crippen LogP contribution in [0.3, 0.4) is 0 Å². The molecule has 8 nitrogen and oxygen atoms in total. The first-order valence-electron chi connectivity index (χ1n) is 10.1. The van der Waals surface area contributed by atoms with Gasteiger partial charge in [0.2, 0.25) is 10.0 Å². The number of para-hydroxylation sites is 1. The molecule has 0 bridgehead atoms. The van der Waals surface area contributed by atoms with Crippen LogP contribution in [0.15, 0.2) is 73.8 Å². The molecule has 3 heterocycles. The van der Waals surface area contributed by atoms with Gasteiger partial charge < -0.3 is 5.32 Å². The summed E-state index contributed by atoms with van der Waals surface area (Å²) in [7, 11) is -7.81. The number of anilines is 1. The summed E-state index contributed by atoms with van der Waals surface area (Å²) in [4.78, 5) is 4.67. The number of nitrogens with one attached hydrogen (secondary N) is 1. The highest BCUT2D eigenvalue weighted by molar-refractivity contribution is 8.15. The van der Waals surface area contributed by atoms with E-state index in [1.54, 1.807) is 6.20 Å². The maximum absolute atomic E-state index is 13.0. The van der Waals surface area contributed by atoms with Crippen LogP contribution in [0, 0.1) is 0 Å². The number of nitrogens with zero attached hydrogens (tertiary/aromatic N) is 3. The Hall–Kier alpha value is -2.47. The highest BCUT2D eigenvalue weighted by Gasteiger charge is 2.31. The van der Waals surface area contributed by atoms with E-state index in [1.165, 1.54) is 22.5 Å². The molecule has 0 unspecified atom stereocenters. The Kier molecular flexibility index (Phi) is 5.44. The van der Waals surface area contributed by atoms with E-state index in [-0.39, 0.29) is 15.0 Å². The van der Waals surface area contributed by atoms with Crippen LogP contribution in [-0.4, -0.2) is 44.4 Å². The molecule has 1 fully saturated rings. The largest absolute Gasteiger partial charge is 0.332 e. The van der Waals surface area contributed by atoms with Gasteiger partial charge in [-0.05, 0) is 54.9 Å². The number of benzene rings is 2. The predicted octanol–water partition coefficient (Wildman–Crippen LogP) is 3.67. The Bertz CT molecular complexity index is 1450. The Balaban J connectivity index is 1.44. The van der Waals surface area contributed by atoms with Gasteiger partial charge in [0.1, 0.15) is 4.90 Å². The van der Waals surface area contributed by atoms with Crippen molar-refractivity contribution < 1.29 is 16.8 Å². The molecule has 0 amide bonds. The molecule has 3 aromatic rings. The molecule has 5 rings (SSSR count). The van der Waals surface area contributed by atoms with Gasteiger partial charge in [-0.1, -0.05) is 24.6 Å². The monoisotopic (exact) mass is 488 g/mol. The average Bonchev–Trinajstić information content (AvgIpc) is 2.79. The summed E-state index contributed by atoms with van der Waals surface area (Å²) in [5.74, 6) is 0. The minimum Gasteiger partial charge on any atom is -0.332 e. The van der Waals surface area contributed by atoms with Crippen LogP contribution in [0.1, 0.15) is 19.3 Å². The van der Waals surface area contributed by atoms with Gasteiger partial charge >= 0.3 is 0 Å². The Labute approximate surface area is 190 Å². The van der Waals surface area contributed by atoms with Crippen LogP contribution in [0.25, 0.3) is 10.9 Å². The van der Waals surface area contributed by atoms with Crippen LogP contribution in [-0.2, 0) is 20.0 Å². The van der Waals surface area contributed by atoms with Gasteiger partial charge in [-0.2, -0.15) is 12.7 Å². The van der Waals surface area contributed by atoms with Crippen LogP contribution in [0.2, 0.25) is 0 Å². The van der Waals surface area contributed by atoms with Gasteiger partial charge in [-0.25, -0.2) is 8.42 Å². The van der Waals surface area contributed by atoms with E-state index in [4.69, 9.17) is 0 Å². The zero-order valence-electron chi connectivity index (χ0n) is 16.9. The van der Waals surface area contributed by atoms with E-state index >= 15 is 0 Å². The zero-order valence-corrected chi connectivity index (χ0v) is 19.4. The molecule has 0 saturated carbocycles. The summed E-state index contributed by atoms with van der Waals surface area (Å²) in [6.45, 7) is 0.903. The van der Waals surface area contributed by atoms with Crippen molar-refractivity contribution >= 4 is 53.6 Å². The number of fused-ring (bicyclic) bond motifs is 2. The molecule has 2 aromatic carbocycles. The van der Waals surface area contributed by atoms with Crippen LogP contribution >= 0.6 is 11.8 Å². The lowest BCUT2D eigenvalue weighted by molar-refractivity contribution is 0.346. The van der Waals surface area contributed by atoms with Crippen molar-refractivity contribution in [3.05, 3.63) is 54.7 Å². The Morgan fingerprint density at radius 2 is 1.78 bits per heavy atom. The van der Waals surface area contributed by atoms with Gasteiger partial charge in [-0.3, -0.25) is 4.98 Å². The van der Waals surface area contributed by atoms with E-state index in [1.807, 2.05) is 30.3 Å². The normalized spacial score (nSPS) is 18.7. The van der Waals surface area contributed by atoms with Gasteiger partial charge in [0.15, 0.2) is 5.17 Å². The average molecular weight is 489 g/mol. The first-order chi connectivity index (χ1) is 15.3. The third-order valence-electron chi connectivity index (χ3n) is 5.40. The van der Waals surface area contributed by atoms with Crippen LogP contribution in [0.4, 0.5) is 5.69 Å². The summed E-state index contributed by atoms with van der Waals surface area (Å²) in [5, 5.41) is 4.10. The summed E-state index contributed by atoms with van der Waals surface area (Å²) in [6.07, 6.45) is 4.23. The molecular formula is C21H20N4O4S3. The van der Waals surface area contributed by atoms with E-state index in [2.05, 4.69) is 14.7 Å². The molecule has 2 aliphatic heterocycles. The lowest BCUT2D eigenvalue weighted by Gasteiger charge is -2.26. The second kappa shape index (κ2) is 8.14. The molecule has 1 N–H and O–H groups in total. The summed E-state index contributed by atoms with van der Waals surface area (Å²) < 4.78 is 57.0. The number of aromatic nitrogens is 1. The predicted molar refractivity (Wildman–Crippen MR) is 125 cm³/mol. The van der Waals surface area contributed by atoms with Gasteiger partial charge in [0.25, 0.3) is 10.0 Å². The second-order valence-electron chi connectivity index (χ2n) is 7.59. The van der Waals surface area contributed by atoms with Crippen LogP contribution < -0.4 is 5.32 Å². The molecule has 0 atom stereocenters. The van der Waals surface area contributed by atoms with Crippen molar-refractivity contribution in [3.63, 3.8) is 0 Å². The Morgan fingerprint density at radius 1 is 1.00 bits per heavy atom. The van der Waals surface area contributed by atoms with Crippen molar-refractivity contribution in [2.24, 2.45) is 4.40 Å². The highest BCUT2D eigenvalue weighted by atomic mass is 32.2. The highest BCUT2D eigenvalue weighted by Crippen LogP contribution is 2.36. The minimum absolute atomic E-state index is 0.0207. The molecule has 32 heavy (non-hydrogen) atoms. The van der Waals surface area contributed by atoms with E-state index < -0.39 is 20.0 Å². The summed E-state index contributed by atoms with van der Waals surface area (Å²) >= 11 is 1.14. The number of thioether (sulfide) groups is 1. The smallest absolute Gasteiger partial charge is 0.285 e. The van der Waals surface area contributed by atoms with Crippen LogP contribution in [0.5, 0.6) is 0 Å². The third-order valence-corrected chi connectivity index (χ3v) is 9.82. The summed E-state index contributed by atoms with van der Waals surface area (Å²) in [6, 6.07) is 13.7. The molecule has 1 saturated heterocycles. The fraction of sp³-hybridized carbons (Fsp3) is 0.238. The number of amidine groups is 1. The van der Waals surface area contributed by atoms with Gasteiger partial charge in [0, 0.05) is 23.4 Å². The van der Waals surface area contributed by atoms with Crippen molar-refractivity contribution in [1.29, 1.82) is 0 Å². The molecule has 11 heteroatoms. The van der Waals surface area contributed by atoms with Crippen molar-refractivity contribution in [3.8, 4) is 0 Å². The van der Waals surface area contributed by atoms with E-state index in [0.717, 1.165) is 41.9 Å². The maximum Gasteiger partial charge on any atom is 0.285 e. The third kappa shape index (κ3) is 4.01. The molecule has 166 valence electrons. The lowest BCUT2D eigenvalue weighted by atomic mass is 10.2. The molecular weight excluding hydrogens is 468 g/mol. The standard InChI is InChI=1S/C21H20N4O4S3/c26-31(27)20-13-17(32(28,29)25-10-4-1-5-11-25)8-9-19(20)30-21(24-31)23-16-12-15-6-2-3-7-18(15)22-14-16/h2-3,6-9,12-14H,1,4-5,10-11H2,(H,23,24). The Morgan fingerprint density at radius 3 is 2.59 bits per heavy atom. The number of hydrogen-bond donors (Lipinski definition) is 1. The molecule has 0 aliphatic carbocycles. The first kappa shape index (κ1) is 21.4. The van der Waals surface area contributed by atoms with Crippen molar-refractivity contribution in [2.45, 2.75) is 33.9 Å². The van der Waals surface area contributed by atoms with Crippen molar-refractivity contribution in [1.82, 2.24) is 9.29 Å². The molecule has 1 aromatic heterocycles. The maximum atomic E-state index is 13.0. The van der Waals surface area contributed by atoms with Gasteiger partial charge in [0.05, 0.1) is 22.3 Å². The minimum atomic E-state index is -4.07. The summed E-state index contributed by atoms with van der Waals surface area (Å²) in [5.41, 5.74) is 1.44. The molecule has 2 aliphatic rings. The topological polar surface area (TPSA) is 109 Å². The molecule has 0 radical (unpaired) electrons. The number of pyridine rings is 1. The number of rotatable bonds is 3. The fourth-order valence-corrected chi connectivity index (χ4v) is 7.92.